The van der Waals surface area contributed by atoms with Crippen molar-refractivity contribution in [2.75, 3.05) is 0 Å². The van der Waals surface area contributed by atoms with Gasteiger partial charge in [-0.2, -0.15) is 0 Å². The summed E-state index contributed by atoms with van der Waals surface area (Å²) in [6, 6.07) is 18.5. The van der Waals surface area contributed by atoms with Gasteiger partial charge in [0.25, 0.3) is 0 Å². The molecule has 0 saturated heterocycles. The van der Waals surface area contributed by atoms with E-state index in [1.54, 1.807) is 24.3 Å². The number of esters is 1. The van der Waals surface area contributed by atoms with Crippen molar-refractivity contribution in [2.45, 2.75) is 41.5 Å². The summed E-state index contributed by atoms with van der Waals surface area (Å²) in [7, 11) is 0. The van der Waals surface area contributed by atoms with Crippen LogP contribution in [0.2, 0.25) is 0 Å². The highest BCUT2D eigenvalue weighted by atomic mass is 16.5. The maximum atomic E-state index is 13.3. The molecule has 3 rings (SSSR count). The van der Waals surface area contributed by atoms with Crippen LogP contribution in [0, 0.1) is 10.8 Å². The minimum absolute atomic E-state index is 0.0468. The van der Waals surface area contributed by atoms with Crippen molar-refractivity contribution in [3.05, 3.63) is 101 Å². The monoisotopic (exact) mass is 414 g/mol. The van der Waals surface area contributed by atoms with E-state index in [1.807, 2.05) is 90.1 Å². The van der Waals surface area contributed by atoms with Crippen molar-refractivity contribution in [3.63, 3.8) is 0 Å². The van der Waals surface area contributed by atoms with Gasteiger partial charge in [0.1, 0.15) is 5.76 Å². The Balaban J connectivity index is 2.24. The second-order valence-electron chi connectivity index (χ2n) is 9.85. The Morgan fingerprint density at radius 1 is 0.677 bits per heavy atom. The van der Waals surface area contributed by atoms with Crippen molar-refractivity contribution >= 4 is 17.5 Å². The quantitative estimate of drug-likeness (QED) is 0.410. The zero-order chi connectivity index (χ0) is 22.8. The number of carbonyl (C=O) groups is 2. The summed E-state index contributed by atoms with van der Waals surface area (Å²) < 4.78 is 5.96. The number of Topliss-reactive ketones (excluding diaryl/α,β-unsaturated/α-hetero) is 1. The number of carbonyl (C=O) groups excluding carboxylic acids is 2. The molecule has 2 aromatic carbocycles. The second kappa shape index (κ2) is 8.50. The largest absolute Gasteiger partial charge is 0.422 e. The number of hydrogen-bond donors (Lipinski definition) is 0. The van der Waals surface area contributed by atoms with Crippen molar-refractivity contribution in [1.82, 2.24) is 0 Å². The summed E-state index contributed by atoms with van der Waals surface area (Å²) >= 11 is 0. The van der Waals surface area contributed by atoms with Gasteiger partial charge < -0.3 is 4.74 Å². The molecule has 0 spiro atoms. The zero-order valence-electron chi connectivity index (χ0n) is 19.2. The van der Waals surface area contributed by atoms with Gasteiger partial charge in [0.15, 0.2) is 5.78 Å². The average Bonchev–Trinajstić information content (AvgIpc) is 2.72. The van der Waals surface area contributed by atoms with E-state index in [1.165, 1.54) is 0 Å². The number of rotatable bonds is 3. The third-order valence-electron chi connectivity index (χ3n) is 5.21. The molecule has 0 N–H and O–H groups in total. The summed E-state index contributed by atoms with van der Waals surface area (Å²) in [6.45, 7) is 12.2. The van der Waals surface area contributed by atoms with E-state index in [4.69, 9.17) is 4.74 Å². The minimum Gasteiger partial charge on any atom is -0.422 e. The first-order valence-corrected chi connectivity index (χ1v) is 10.5. The van der Waals surface area contributed by atoms with Crippen LogP contribution in [0.4, 0.5) is 0 Å². The Labute approximate surface area is 185 Å². The maximum absolute atomic E-state index is 13.3. The minimum atomic E-state index is -0.430. The van der Waals surface area contributed by atoms with Gasteiger partial charge >= 0.3 is 5.97 Å². The van der Waals surface area contributed by atoms with Crippen LogP contribution in [0.25, 0.3) is 5.76 Å². The predicted molar refractivity (Wildman–Crippen MR) is 125 cm³/mol. The lowest BCUT2D eigenvalue weighted by molar-refractivity contribution is -0.114. The molecule has 0 radical (unpaired) electrons. The lowest BCUT2D eigenvalue weighted by atomic mass is 9.71. The maximum Gasteiger partial charge on any atom is 0.343 e. The van der Waals surface area contributed by atoms with E-state index in [0.717, 1.165) is 11.1 Å². The molecule has 0 aliphatic heterocycles. The molecule has 0 heterocycles. The Morgan fingerprint density at radius 2 is 1.10 bits per heavy atom. The lowest BCUT2D eigenvalue weighted by Gasteiger charge is -2.31. The summed E-state index contributed by atoms with van der Waals surface area (Å²) in [5, 5.41) is 0. The van der Waals surface area contributed by atoms with Crippen LogP contribution in [-0.4, -0.2) is 11.8 Å². The normalized spacial score (nSPS) is 14.6. The van der Waals surface area contributed by atoms with E-state index in [9.17, 15) is 9.59 Å². The molecule has 0 unspecified atom stereocenters. The molecule has 2 aromatic rings. The van der Waals surface area contributed by atoms with Crippen LogP contribution in [0.5, 0.6) is 0 Å². The molecule has 31 heavy (non-hydrogen) atoms. The van der Waals surface area contributed by atoms with Gasteiger partial charge in [0.2, 0.25) is 0 Å². The van der Waals surface area contributed by atoms with Crippen LogP contribution in [0.3, 0.4) is 0 Å². The number of hydrogen-bond acceptors (Lipinski definition) is 3. The number of ketones is 1. The fourth-order valence-corrected chi connectivity index (χ4v) is 3.47. The van der Waals surface area contributed by atoms with Gasteiger partial charge in [-0.05, 0) is 35.1 Å². The highest BCUT2D eigenvalue weighted by molar-refractivity contribution is 6.12. The average molecular weight is 415 g/mol. The Morgan fingerprint density at radius 3 is 1.52 bits per heavy atom. The molecule has 3 heteroatoms. The molecular formula is C28H30O3. The summed E-state index contributed by atoms with van der Waals surface area (Å²) in [5.41, 5.74) is 2.70. The van der Waals surface area contributed by atoms with Crippen molar-refractivity contribution in [2.24, 2.45) is 10.8 Å². The van der Waals surface area contributed by atoms with Gasteiger partial charge in [-0.15, -0.1) is 0 Å². The Bertz CT molecular complexity index is 1030. The standard InChI is InChI=1S/C28H30O3/c1-27(2,3)22-17-21(18-23(24(22)29)28(4,5)6)25(19-13-9-7-10-14-19)31-26(30)20-15-11-8-12-16-20/h7-18H,1-6H3. The van der Waals surface area contributed by atoms with Crippen LogP contribution in [0.15, 0.2) is 89.5 Å². The van der Waals surface area contributed by atoms with E-state index in [-0.39, 0.29) is 16.6 Å². The van der Waals surface area contributed by atoms with E-state index >= 15 is 0 Å². The molecule has 0 fully saturated rings. The molecule has 1 aliphatic rings. The number of allylic oxidation sites excluding steroid dienone is 5. The Hall–Kier alpha value is -3.20. The topological polar surface area (TPSA) is 43.4 Å². The highest BCUT2D eigenvalue weighted by Crippen LogP contribution is 2.40. The molecule has 0 aromatic heterocycles. The molecule has 0 bridgehead atoms. The van der Waals surface area contributed by atoms with Crippen molar-refractivity contribution in [1.29, 1.82) is 0 Å². The van der Waals surface area contributed by atoms with Gasteiger partial charge in [-0.3, -0.25) is 4.79 Å². The summed E-state index contributed by atoms with van der Waals surface area (Å²) in [4.78, 5) is 26.2. The van der Waals surface area contributed by atoms with E-state index in [2.05, 4.69) is 0 Å². The fraction of sp³-hybridized carbons (Fsp3) is 0.286. The van der Waals surface area contributed by atoms with Crippen LogP contribution in [0.1, 0.15) is 57.5 Å². The fourth-order valence-electron chi connectivity index (χ4n) is 3.47. The summed E-state index contributed by atoms with van der Waals surface area (Å²) in [6.07, 6.45) is 3.75. The van der Waals surface area contributed by atoms with Gasteiger partial charge in [-0.1, -0.05) is 90.1 Å². The SMILES string of the molecule is CC(C)(C)C1=CC(=C(OC(=O)c2ccccc2)c2ccccc2)C=C(C(C)(C)C)C1=O. The first kappa shape index (κ1) is 22.5. The van der Waals surface area contributed by atoms with Crippen molar-refractivity contribution < 1.29 is 14.3 Å². The van der Waals surface area contributed by atoms with Crippen molar-refractivity contribution in [3.8, 4) is 0 Å². The summed E-state index contributed by atoms with van der Waals surface area (Å²) in [5.74, 6) is 0.0660. The van der Waals surface area contributed by atoms with Crippen LogP contribution in [-0.2, 0) is 9.53 Å². The van der Waals surface area contributed by atoms with Crippen LogP contribution >= 0.6 is 0 Å². The molecule has 1 aliphatic carbocycles. The number of ether oxygens (including phenoxy) is 1. The second-order valence-corrected chi connectivity index (χ2v) is 9.85. The third-order valence-corrected chi connectivity index (χ3v) is 5.21. The smallest absolute Gasteiger partial charge is 0.343 e. The zero-order valence-corrected chi connectivity index (χ0v) is 19.2. The number of benzene rings is 2. The van der Waals surface area contributed by atoms with E-state index < -0.39 is 5.97 Å². The first-order chi connectivity index (χ1) is 14.5. The molecule has 0 atom stereocenters. The van der Waals surface area contributed by atoms with E-state index in [0.29, 0.717) is 22.5 Å². The van der Waals surface area contributed by atoms with Crippen LogP contribution < -0.4 is 0 Å². The molecular weight excluding hydrogens is 384 g/mol. The molecule has 0 saturated carbocycles. The third kappa shape index (κ3) is 5.11. The molecule has 3 nitrogen and oxygen atoms in total. The van der Waals surface area contributed by atoms with Gasteiger partial charge in [0.05, 0.1) is 5.56 Å². The predicted octanol–water partition coefficient (Wildman–Crippen LogP) is 6.78. The first-order valence-electron chi connectivity index (χ1n) is 10.5. The molecule has 0 amide bonds. The van der Waals surface area contributed by atoms with Gasteiger partial charge in [-0.25, -0.2) is 4.79 Å². The van der Waals surface area contributed by atoms with Gasteiger partial charge in [0, 0.05) is 22.3 Å². The highest BCUT2D eigenvalue weighted by Gasteiger charge is 2.35. The molecule has 160 valence electrons. The lowest BCUT2D eigenvalue weighted by Crippen LogP contribution is -2.28. The Kier molecular flexibility index (Phi) is 6.17.